The molecule has 7 heteroatoms. The number of carbonyl (C=O) groups excluding carboxylic acids is 1. The summed E-state index contributed by atoms with van der Waals surface area (Å²) in [4.78, 5) is 19.8. The van der Waals surface area contributed by atoms with Crippen LogP contribution in [-0.4, -0.2) is 61.1 Å². The van der Waals surface area contributed by atoms with E-state index in [4.69, 9.17) is 9.47 Å². The summed E-state index contributed by atoms with van der Waals surface area (Å²) in [5.74, 6) is 0.599. The van der Waals surface area contributed by atoms with Crippen molar-refractivity contribution in [2.75, 3.05) is 27.2 Å². The molecule has 0 aromatic heterocycles. The van der Waals surface area contributed by atoms with Gasteiger partial charge in [-0.15, -0.1) is 0 Å². The molecule has 1 aromatic rings. The molecule has 0 radical (unpaired) electrons. The third kappa shape index (κ3) is 5.66. The lowest BCUT2D eigenvalue weighted by atomic mass is 10.2. The van der Waals surface area contributed by atoms with Gasteiger partial charge in [0, 0.05) is 33.1 Å². The van der Waals surface area contributed by atoms with Gasteiger partial charge in [-0.1, -0.05) is 0 Å². The first kappa shape index (κ1) is 19.6. The van der Waals surface area contributed by atoms with Crippen LogP contribution in [0.2, 0.25) is 0 Å². The highest BCUT2D eigenvalue weighted by atomic mass is 16.6. The van der Waals surface area contributed by atoms with Crippen LogP contribution in [0.5, 0.6) is 5.75 Å². The lowest BCUT2D eigenvalue weighted by Crippen LogP contribution is -2.36. The van der Waals surface area contributed by atoms with E-state index in [1.807, 2.05) is 34.9 Å². The number of hydrogen-bond donors (Lipinski definition) is 0. The Morgan fingerprint density at radius 1 is 1.42 bits per heavy atom. The van der Waals surface area contributed by atoms with E-state index in [1.165, 1.54) is 0 Å². The smallest absolute Gasteiger partial charge is 0.410 e. The molecule has 0 N–H and O–H groups in total. The topological polar surface area (TPSA) is 78.2 Å². The van der Waals surface area contributed by atoms with Crippen molar-refractivity contribution < 1.29 is 14.3 Å². The Hall–Kier alpha value is -2.75. The van der Waals surface area contributed by atoms with Gasteiger partial charge in [-0.05, 0) is 32.9 Å². The highest BCUT2D eigenvalue weighted by Crippen LogP contribution is 2.26. The third-order valence-electron chi connectivity index (χ3n) is 3.62. The van der Waals surface area contributed by atoms with Gasteiger partial charge in [0.15, 0.2) is 0 Å². The minimum Gasteiger partial charge on any atom is -0.488 e. The van der Waals surface area contributed by atoms with Crippen LogP contribution in [0.3, 0.4) is 0 Å². The van der Waals surface area contributed by atoms with E-state index in [2.05, 4.69) is 11.1 Å². The molecule has 1 fully saturated rings. The Labute approximate surface area is 154 Å². The Bertz CT molecular complexity index is 716. The second kappa shape index (κ2) is 8.09. The molecule has 1 aliphatic rings. The zero-order chi connectivity index (χ0) is 19.3. The van der Waals surface area contributed by atoms with Crippen molar-refractivity contribution in [3.05, 3.63) is 23.8 Å². The van der Waals surface area contributed by atoms with E-state index >= 15 is 0 Å². The highest BCUT2D eigenvalue weighted by molar-refractivity contribution is 5.68. The van der Waals surface area contributed by atoms with Crippen LogP contribution in [0.25, 0.3) is 0 Å². The maximum Gasteiger partial charge on any atom is 0.410 e. The van der Waals surface area contributed by atoms with Crippen molar-refractivity contribution in [1.82, 2.24) is 9.80 Å². The molecule has 1 aliphatic heterocycles. The van der Waals surface area contributed by atoms with Gasteiger partial charge in [-0.25, -0.2) is 9.79 Å². The first-order valence-electron chi connectivity index (χ1n) is 8.57. The first-order valence-corrected chi connectivity index (χ1v) is 8.57. The fourth-order valence-electron chi connectivity index (χ4n) is 2.48. The van der Waals surface area contributed by atoms with E-state index in [-0.39, 0.29) is 12.2 Å². The molecule has 7 nitrogen and oxygen atoms in total. The summed E-state index contributed by atoms with van der Waals surface area (Å²) in [6, 6.07) is 7.37. The number of likely N-dealkylation sites (tertiary alicyclic amines) is 1. The molecule has 2 rings (SSSR count). The van der Waals surface area contributed by atoms with Gasteiger partial charge in [0.25, 0.3) is 0 Å². The molecule has 0 spiro atoms. The van der Waals surface area contributed by atoms with E-state index < -0.39 is 5.60 Å². The van der Waals surface area contributed by atoms with Gasteiger partial charge in [-0.2, -0.15) is 5.26 Å². The van der Waals surface area contributed by atoms with E-state index in [9.17, 15) is 10.1 Å². The lowest BCUT2D eigenvalue weighted by Gasteiger charge is -2.24. The Kier molecular flexibility index (Phi) is 6.09. The third-order valence-corrected chi connectivity index (χ3v) is 3.62. The minimum atomic E-state index is -0.513. The van der Waals surface area contributed by atoms with Gasteiger partial charge < -0.3 is 19.3 Å². The van der Waals surface area contributed by atoms with Crippen molar-refractivity contribution in [2.24, 2.45) is 4.99 Å². The zero-order valence-electron chi connectivity index (χ0n) is 16.0. The molecular weight excluding hydrogens is 332 g/mol. The standard InChI is InChI=1S/C19H26N4O3/c1-19(2,3)26-18(24)23-9-8-16(12-23)25-15-6-7-17(14(10-15)11-20)21-13-22(4)5/h6-7,10,13,16H,8-9,12H2,1-5H3/b21-13+/t16-/m0/s1. The van der Waals surface area contributed by atoms with Crippen LogP contribution in [0.15, 0.2) is 23.2 Å². The predicted octanol–water partition coefficient (Wildman–Crippen LogP) is 3.17. The summed E-state index contributed by atoms with van der Waals surface area (Å²) < 4.78 is 11.3. The number of benzene rings is 1. The molecule has 1 aromatic carbocycles. The van der Waals surface area contributed by atoms with Crippen LogP contribution >= 0.6 is 0 Å². The average Bonchev–Trinajstić information content (AvgIpc) is 3.00. The quantitative estimate of drug-likeness (QED) is 0.610. The number of amides is 1. The maximum absolute atomic E-state index is 12.1. The van der Waals surface area contributed by atoms with Gasteiger partial charge in [-0.3, -0.25) is 0 Å². The molecule has 1 atom stereocenters. The fourth-order valence-corrected chi connectivity index (χ4v) is 2.48. The van der Waals surface area contributed by atoms with Gasteiger partial charge in [0.05, 0.1) is 24.1 Å². The second-order valence-corrected chi connectivity index (χ2v) is 7.45. The van der Waals surface area contributed by atoms with Crippen molar-refractivity contribution in [3.8, 4) is 11.8 Å². The number of rotatable bonds is 4. The van der Waals surface area contributed by atoms with Gasteiger partial charge >= 0.3 is 6.09 Å². The molecule has 140 valence electrons. The van der Waals surface area contributed by atoms with Crippen molar-refractivity contribution >= 4 is 18.1 Å². The first-order chi connectivity index (χ1) is 12.2. The lowest BCUT2D eigenvalue weighted by molar-refractivity contribution is 0.0275. The number of aliphatic imine (C=N–C) groups is 1. The van der Waals surface area contributed by atoms with E-state index in [1.54, 1.807) is 34.3 Å². The van der Waals surface area contributed by atoms with Gasteiger partial charge in [0.2, 0.25) is 0 Å². The SMILES string of the molecule is CN(C)/C=N/c1ccc(O[C@H]2CCN(C(=O)OC(C)(C)C)C2)cc1C#N. The zero-order valence-corrected chi connectivity index (χ0v) is 16.0. The summed E-state index contributed by atoms with van der Waals surface area (Å²) in [5, 5.41) is 9.33. The number of nitrogens with zero attached hydrogens (tertiary/aromatic N) is 4. The molecule has 0 aliphatic carbocycles. The number of nitriles is 1. The molecule has 26 heavy (non-hydrogen) atoms. The number of carbonyl (C=O) groups is 1. The monoisotopic (exact) mass is 358 g/mol. The number of ether oxygens (including phenoxy) is 2. The van der Waals surface area contributed by atoms with Crippen LogP contribution in [0.1, 0.15) is 32.8 Å². The summed E-state index contributed by atoms with van der Waals surface area (Å²) >= 11 is 0. The van der Waals surface area contributed by atoms with Crippen LogP contribution in [0.4, 0.5) is 10.5 Å². The Balaban J connectivity index is 1.99. The maximum atomic E-state index is 12.1. The molecule has 1 amide bonds. The molecular formula is C19H26N4O3. The summed E-state index contributed by atoms with van der Waals surface area (Å²) in [6.45, 7) is 6.60. The Morgan fingerprint density at radius 2 is 2.15 bits per heavy atom. The minimum absolute atomic E-state index is 0.120. The van der Waals surface area contributed by atoms with Gasteiger partial charge in [0.1, 0.15) is 23.5 Å². The summed E-state index contributed by atoms with van der Waals surface area (Å²) in [6.07, 6.45) is 1.92. The largest absolute Gasteiger partial charge is 0.488 e. The fraction of sp³-hybridized carbons (Fsp3) is 0.526. The normalized spacial score (nSPS) is 17.2. The molecule has 1 heterocycles. The average molecular weight is 358 g/mol. The molecule has 0 bridgehead atoms. The molecule has 0 saturated carbocycles. The van der Waals surface area contributed by atoms with E-state index in [0.717, 1.165) is 6.42 Å². The van der Waals surface area contributed by atoms with Crippen molar-refractivity contribution in [3.63, 3.8) is 0 Å². The number of hydrogen-bond acceptors (Lipinski definition) is 5. The van der Waals surface area contributed by atoms with Crippen LogP contribution in [-0.2, 0) is 4.74 Å². The Morgan fingerprint density at radius 3 is 2.77 bits per heavy atom. The van der Waals surface area contributed by atoms with Crippen LogP contribution < -0.4 is 4.74 Å². The van der Waals surface area contributed by atoms with Crippen LogP contribution in [0, 0.1) is 11.3 Å². The summed E-state index contributed by atoms with van der Waals surface area (Å²) in [7, 11) is 3.73. The molecule has 0 unspecified atom stereocenters. The molecule has 1 saturated heterocycles. The van der Waals surface area contributed by atoms with Crippen molar-refractivity contribution in [2.45, 2.75) is 38.9 Å². The van der Waals surface area contributed by atoms with Crippen molar-refractivity contribution in [1.29, 1.82) is 5.26 Å². The predicted molar refractivity (Wildman–Crippen MR) is 99.8 cm³/mol. The van der Waals surface area contributed by atoms with E-state index in [0.29, 0.717) is 30.1 Å². The highest BCUT2D eigenvalue weighted by Gasteiger charge is 2.30. The summed E-state index contributed by atoms with van der Waals surface area (Å²) in [5.41, 5.74) is 0.527. The second-order valence-electron chi connectivity index (χ2n) is 7.45.